The summed E-state index contributed by atoms with van der Waals surface area (Å²) in [5.41, 5.74) is 1.80. The van der Waals surface area contributed by atoms with Gasteiger partial charge in [-0.25, -0.2) is 4.39 Å². The number of aromatic nitrogens is 4. The minimum atomic E-state index is -0.468. The first-order chi connectivity index (χ1) is 12.4. The predicted octanol–water partition coefficient (Wildman–Crippen LogP) is 3.89. The van der Waals surface area contributed by atoms with E-state index in [1.54, 1.807) is 31.2 Å². The Labute approximate surface area is 157 Å². The summed E-state index contributed by atoms with van der Waals surface area (Å²) < 4.78 is 16.0. The summed E-state index contributed by atoms with van der Waals surface area (Å²) in [7, 11) is 0. The van der Waals surface area contributed by atoms with Crippen molar-refractivity contribution in [2.24, 2.45) is 0 Å². The Balaban J connectivity index is 1.88. The molecule has 3 aromatic rings. The number of aryl methyl sites for hydroxylation is 1. The molecule has 1 amide bonds. The molecule has 1 aliphatic heterocycles. The third-order valence-electron chi connectivity index (χ3n) is 4.28. The van der Waals surface area contributed by atoms with Gasteiger partial charge >= 0.3 is 0 Å². The lowest BCUT2D eigenvalue weighted by atomic mass is 9.85. The fraction of sp³-hybridized carbons (Fsp3) is 0.176. The van der Waals surface area contributed by atoms with Crippen LogP contribution in [0.4, 0.5) is 10.2 Å². The molecule has 3 heterocycles. The number of anilines is 1. The molecule has 2 aromatic heterocycles. The highest BCUT2D eigenvalue weighted by molar-refractivity contribution is 6.30. The molecule has 0 fully saturated rings. The molecular formula is C17H12Cl2FN5O. The molecular weight excluding hydrogens is 380 g/mol. The molecule has 0 unspecified atom stereocenters. The summed E-state index contributed by atoms with van der Waals surface area (Å²) in [6.45, 7) is 1.80. The molecule has 6 nitrogen and oxygen atoms in total. The van der Waals surface area contributed by atoms with Crippen LogP contribution in [0.15, 0.2) is 30.3 Å². The van der Waals surface area contributed by atoms with Crippen LogP contribution in [0, 0.1) is 12.7 Å². The van der Waals surface area contributed by atoms with Crippen molar-refractivity contribution in [1.29, 1.82) is 0 Å². The zero-order chi connectivity index (χ0) is 18.4. The molecule has 1 N–H and O–H groups in total. The molecule has 0 saturated heterocycles. The first kappa shape index (κ1) is 16.9. The first-order valence-electron chi connectivity index (χ1n) is 7.78. The van der Waals surface area contributed by atoms with E-state index in [4.69, 9.17) is 23.2 Å². The van der Waals surface area contributed by atoms with E-state index < -0.39 is 11.7 Å². The molecule has 132 valence electrons. The average molecular weight is 392 g/mol. The number of rotatable bonds is 2. The molecule has 1 atom stereocenters. The predicted molar refractivity (Wildman–Crippen MR) is 95.4 cm³/mol. The maximum Gasteiger partial charge on any atom is 0.226 e. The van der Waals surface area contributed by atoms with Gasteiger partial charge in [0, 0.05) is 22.9 Å². The van der Waals surface area contributed by atoms with E-state index in [9.17, 15) is 9.18 Å². The van der Waals surface area contributed by atoms with Crippen LogP contribution in [-0.2, 0) is 4.79 Å². The zero-order valence-electron chi connectivity index (χ0n) is 13.5. The minimum Gasteiger partial charge on any atom is -0.310 e. The smallest absolute Gasteiger partial charge is 0.226 e. The van der Waals surface area contributed by atoms with Gasteiger partial charge in [-0.05, 0) is 36.8 Å². The van der Waals surface area contributed by atoms with E-state index >= 15 is 0 Å². The Morgan fingerprint density at radius 1 is 1.23 bits per heavy atom. The van der Waals surface area contributed by atoms with Crippen molar-refractivity contribution in [3.8, 4) is 5.82 Å². The van der Waals surface area contributed by atoms with Gasteiger partial charge in [0.25, 0.3) is 0 Å². The van der Waals surface area contributed by atoms with Crippen LogP contribution in [0.2, 0.25) is 10.2 Å². The lowest BCUT2D eigenvalue weighted by Crippen LogP contribution is -2.25. The molecule has 0 aliphatic carbocycles. The molecule has 0 bridgehead atoms. The van der Waals surface area contributed by atoms with Crippen LogP contribution in [0.3, 0.4) is 0 Å². The number of amides is 1. The summed E-state index contributed by atoms with van der Waals surface area (Å²) in [6.07, 6.45) is 0.115. The van der Waals surface area contributed by atoms with Gasteiger partial charge in [0.05, 0.1) is 5.69 Å². The molecule has 9 heteroatoms. The van der Waals surface area contributed by atoms with Crippen LogP contribution < -0.4 is 5.32 Å². The Morgan fingerprint density at radius 3 is 2.73 bits per heavy atom. The second-order valence-electron chi connectivity index (χ2n) is 5.94. The van der Waals surface area contributed by atoms with Crippen molar-refractivity contribution < 1.29 is 9.18 Å². The van der Waals surface area contributed by atoms with E-state index in [1.165, 1.54) is 10.7 Å². The monoisotopic (exact) mass is 391 g/mol. The van der Waals surface area contributed by atoms with Crippen LogP contribution in [0.5, 0.6) is 0 Å². The van der Waals surface area contributed by atoms with E-state index in [-0.39, 0.29) is 17.5 Å². The van der Waals surface area contributed by atoms with Crippen molar-refractivity contribution in [2.75, 3.05) is 5.32 Å². The summed E-state index contributed by atoms with van der Waals surface area (Å²) in [6, 6.07) is 7.67. The number of hydrogen-bond acceptors (Lipinski definition) is 4. The number of benzene rings is 1. The minimum absolute atomic E-state index is 0.115. The summed E-state index contributed by atoms with van der Waals surface area (Å²) >= 11 is 11.6. The van der Waals surface area contributed by atoms with Crippen LogP contribution in [0.25, 0.3) is 5.82 Å². The third kappa shape index (κ3) is 2.83. The van der Waals surface area contributed by atoms with Crippen molar-refractivity contribution in [3.05, 3.63) is 63.1 Å². The zero-order valence-corrected chi connectivity index (χ0v) is 15.0. The number of hydrogen-bond donors (Lipinski definition) is 1. The molecule has 0 spiro atoms. The average Bonchev–Trinajstić information content (AvgIpc) is 2.91. The lowest BCUT2D eigenvalue weighted by molar-refractivity contribution is -0.116. The number of nitrogens with one attached hydrogen (secondary N) is 1. The maximum absolute atomic E-state index is 14.5. The van der Waals surface area contributed by atoms with Crippen molar-refractivity contribution in [3.63, 3.8) is 0 Å². The second kappa shape index (κ2) is 6.34. The number of carbonyl (C=O) groups excluding carboxylic acids is 1. The Bertz CT molecular complexity index is 1020. The molecule has 26 heavy (non-hydrogen) atoms. The highest BCUT2D eigenvalue weighted by Crippen LogP contribution is 2.41. The summed E-state index contributed by atoms with van der Waals surface area (Å²) in [5.74, 6) is -0.308. The third-order valence-corrected chi connectivity index (χ3v) is 4.71. The molecule has 0 saturated carbocycles. The largest absolute Gasteiger partial charge is 0.310 e. The van der Waals surface area contributed by atoms with E-state index in [1.807, 2.05) is 0 Å². The van der Waals surface area contributed by atoms with Crippen LogP contribution in [0.1, 0.15) is 29.2 Å². The van der Waals surface area contributed by atoms with Crippen LogP contribution >= 0.6 is 23.2 Å². The van der Waals surface area contributed by atoms with Crippen molar-refractivity contribution in [2.45, 2.75) is 19.3 Å². The second-order valence-corrected chi connectivity index (χ2v) is 6.77. The number of carbonyl (C=O) groups is 1. The van der Waals surface area contributed by atoms with Gasteiger partial charge in [-0.3, -0.25) is 4.79 Å². The Morgan fingerprint density at radius 2 is 2.04 bits per heavy atom. The highest BCUT2D eigenvalue weighted by atomic mass is 35.5. The number of fused-ring (bicyclic) bond motifs is 1. The first-order valence-corrected chi connectivity index (χ1v) is 8.53. The standard InChI is InChI=1S/C17H12Cl2FN5O/c1-8-16-11(10-3-2-9(18)6-12(10)20)7-15(26)21-17(16)25(24-8)14-5-4-13(19)22-23-14/h2-6,11H,7H2,1H3,(H,21,26)/t11-/m1/s1. The molecule has 1 aliphatic rings. The molecule has 1 aromatic carbocycles. The maximum atomic E-state index is 14.5. The fourth-order valence-electron chi connectivity index (χ4n) is 3.18. The normalized spacial score (nSPS) is 16.3. The summed E-state index contributed by atoms with van der Waals surface area (Å²) in [5, 5.41) is 15.6. The van der Waals surface area contributed by atoms with Gasteiger partial charge in [-0.2, -0.15) is 9.78 Å². The van der Waals surface area contributed by atoms with Gasteiger partial charge in [-0.15, -0.1) is 10.2 Å². The number of nitrogens with zero attached hydrogens (tertiary/aromatic N) is 4. The van der Waals surface area contributed by atoms with Crippen molar-refractivity contribution in [1.82, 2.24) is 20.0 Å². The lowest BCUT2D eigenvalue weighted by Gasteiger charge is -2.24. The van der Waals surface area contributed by atoms with E-state index in [0.717, 1.165) is 5.56 Å². The van der Waals surface area contributed by atoms with Gasteiger partial charge < -0.3 is 5.32 Å². The van der Waals surface area contributed by atoms with Gasteiger partial charge in [0.15, 0.2) is 11.0 Å². The molecule has 0 radical (unpaired) electrons. The topological polar surface area (TPSA) is 72.7 Å². The van der Waals surface area contributed by atoms with Gasteiger partial charge in [-0.1, -0.05) is 29.3 Å². The van der Waals surface area contributed by atoms with Gasteiger partial charge in [0.2, 0.25) is 5.91 Å². The van der Waals surface area contributed by atoms with Crippen LogP contribution in [-0.4, -0.2) is 25.9 Å². The highest BCUT2D eigenvalue weighted by Gasteiger charge is 2.34. The summed E-state index contributed by atoms with van der Waals surface area (Å²) in [4.78, 5) is 12.3. The Hall–Kier alpha value is -2.51. The van der Waals surface area contributed by atoms with Gasteiger partial charge in [0.1, 0.15) is 11.6 Å². The quantitative estimate of drug-likeness (QED) is 0.718. The van der Waals surface area contributed by atoms with E-state index in [2.05, 4.69) is 20.6 Å². The molecule has 4 rings (SSSR count). The SMILES string of the molecule is Cc1nn(-c2ccc(Cl)nn2)c2c1[C@@H](c1ccc(Cl)cc1F)CC(=O)N2. The van der Waals surface area contributed by atoms with E-state index in [0.29, 0.717) is 27.9 Å². The Kier molecular flexibility index (Phi) is 4.13. The number of halogens is 3. The fourth-order valence-corrected chi connectivity index (χ4v) is 3.44. The van der Waals surface area contributed by atoms with Crippen molar-refractivity contribution >= 4 is 34.9 Å².